The van der Waals surface area contributed by atoms with Gasteiger partial charge in [-0.2, -0.15) is 0 Å². The van der Waals surface area contributed by atoms with Crippen molar-refractivity contribution < 1.29 is 34.1 Å². The lowest BCUT2D eigenvalue weighted by Gasteiger charge is -2.53. The van der Waals surface area contributed by atoms with E-state index in [1.54, 1.807) is 44.2 Å². The molecule has 30 heavy (non-hydrogen) atoms. The fourth-order valence-electron chi connectivity index (χ4n) is 3.29. The van der Waals surface area contributed by atoms with Gasteiger partial charge in [0.1, 0.15) is 11.4 Å². The van der Waals surface area contributed by atoms with Gasteiger partial charge in [0, 0.05) is 5.75 Å². The molecule has 4 atom stereocenters. The number of aliphatic carboxylic acids is 1. The number of ether oxygens (including phenoxy) is 1. The van der Waals surface area contributed by atoms with Crippen LogP contribution in [0, 0.1) is 0 Å². The number of carboxylic acid groups (broad SMARTS) is 1. The van der Waals surface area contributed by atoms with Crippen LogP contribution in [0.15, 0.2) is 30.3 Å². The second-order valence-electron chi connectivity index (χ2n) is 7.43. The van der Waals surface area contributed by atoms with Gasteiger partial charge in [0.15, 0.2) is 11.6 Å². The van der Waals surface area contributed by atoms with Gasteiger partial charge in [-0.15, -0.1) is 11.8 Å². The van der Waals surface area contributed by atoms with E-state index < -0.39 is 53.0 Å². The van der Waals surface area contributed by atoms with Crippen molar-refractivity contribution in [3.8, 4) is 0 Å². The van der Waals surface area contributed by atoms with Gasteiger partial charge in [0.2, 0.25) is 5.91 Å². The lowest BCUT2D eigenvalue weighted by Crippen LogP contribution is -2.77. The van der Waals surface area contributed by atoms with Crippen LogP contribution >= 0.6 is 11.8 Å². The number of amides is 3. The fraction of sp³-hybridized carbons (Fsp3) is 0.474. The molecule has 3 unspecified atom stereocenters. The molecule has 0 aromatic heterocycles. The maximum absolute atomic E-state index is 12.5. The van der Waals surface area contributed by atoms with Crippen molar-refractivity contribution in [3.63, 3.8) is 0 Å². The molecule has 1 aromatic carbocycles. The van der Waals surface area contributed by atoms with Crippen LogP contribution in [-0.4, -0.2) is 74.3 Å². The van der Waals surface area contributed by atoms with Crippen molar-refractivity contribution in [1.29, 1.82) is 0 Å². The summed E-state index contributed by atoms with van der Waals surface area (Å²) in [7, 11) is 0. The van der Waals surface area contributed by atoms with Crippen LogP contribution in [0.25, 0.3) is 0 Å². The summed E-state index contributed by atoms with van der Waals surface area (Å²) in [6.07, 6.45) is -2.73. The molecule has 0 aliphatic carbocycles. The Morgan fingerprint density at radius 3 is 2.53 bits per heavy atom. The lowest BCUT2D eigenvalue weighted by atomic mass is 9.96. The first-order chi connectivity index (χ1) is 14.1. The number of aliphatic hydroxyl groups excluding tert-OH is 1. The Morgan fingerprint density at radius 2 is 1.93 bits per heavy atom. The largest absolute Gasteiger partial charge is 0.479 e. The Kier molecular flexibility index (Phi) is 6.22. The van der Waals surface area contributed by atoms with Gasteiger partial charge in [-0.1, -0.05) is 30.3 Å². The first kappa shape index (κ1) is 21.9. The van der Waals surface area contributed by atoms with Crippen LogP contribution in [0.4, 0.5) is 4.79 Å². The van der Waals surface area contributed by atoms with Crippen molar-refractivity contribution in [1.82, 2.24) is 15.5 Å². The minimum Gasteiger partial charge on any atom is -0.479 e. The summed E-state index contributed by atoms with van der Waals surface area (Å²) in [5.41, 5.74) is -1.30. The standard InChI is InChI=1S/C19H23N3O7S/c1-10(2)29-18(28)21-19(17(26)27)8-22-15(25)12(16(22)30-9-19)20-14(24)13(23)11-6-4-3-5-7-11/h3-7,10,12-13,16,23H,8-9H2,1-2H3,(H,20,24)(H,21,28)(H,26,27)/t12?,13?,16-,19?/m1/s1. The van der Waals surface area contributed by atoms with E-state index >= 15 is 0 Å². The highest BCUT2D eigenvalue weighted by Crippen LogP contribution is 2.38. The maximum Gasteiger partial charge on any atom is 0.408 e. The molecule has 4 N–H and O–H groups in total. The Bertz CT molecular complexity index is 850. The first-order valence-corrected chi connectivity index (χ1v) is 10.4. The van der Waals surface area contributed by atoms with E-state index in [2.05, 4.69) is 10.6 Å². The molecule has 0 bridgehead atoms. The fourth-order valence-corrected chi connectivity index (χ4v) is 4.77. The molecule has 162 valence electrons. The van der Waals surface area contributed by atoms with Crippen molar-refractivity contribution in [2.45, 2.75) is 43.0 Å². The SMILES string of the molecule is CC(C)OC(=O)NC1(C(=O)O)CS[C@@H]2C(NC(=O)C(O)c3ccccc3)C(=O)N2C1. The molecule has 3 rings (SSSR count). The average Bonchev–Trinajstić information content (AvgIpc) is 2.71. The van der Waals surface area contributed by atoms with E-state index in [-0.39, 0.29) is 12.3 Å². The summed E-state index contributed by atoms with van der Waals surface area (Å²) < 4.78 is 4.97. The summed E-state index contributed by atoms with van der Waals surface area (Å²) in [6, 6.07) is 7.42. The summed E-state index contributed by atoms with van der Waals surface area (Å²) in [4.78, 5) is 50.0. The number of fused-ring (bicyclic) bond motifs is 1. The number of aliphatic hydroxyl groups is 1. The minimum absolute atomic E-state index is 0.0163. The second kappa shape index (κ2) is 8.52. The minimum atomic E-state index is -1.69. The molecule has 2 aliphatic heterocycles. The van der Waals surface area contributed by atoms with Gasteiger partial charge in [-0.05, 0) is 19.4 Å². The summed E-state index contributed by atoms with van der Waals surface area (Å²) in [5.74, 6) is -2.50. The molecule has 3 amide bonds. The van der Waals surface area contributed by atoms with E-state index in [1.165, 1.54) is 4.90 Å². The Balaban J connectivity index is 1.64. The average molecular weight is 437 g/mol. The first-order valence-electron chi connectivity index (χ1n) is 9.32. The van der Waals surface area contributed by atoms with Gasteiger partial charge < -0.3 is 30.5 Å². The molecular formula is C19H23N3O7S. The zero-order valence-corrected chi connectivity index (χ0v) is 17.2. The van der Waals surface area contributed by atoms with Crippen LogP contribution in [0.5, 0.6) is 0 Å². The number of β-lactam (4-membered cyclic amide) rings is 1. The zero-order valence-electron chi connectivity index (χ0n) is 16.4. The Labute approximate surface area is 176 Å². The highest BCUT2D eigenvalue weighted by molar-refractivity contribution is 8.00. The molecule has 0 saturated carbocycles. The number of rotatable bonds is 6. The molecule has 2 fully saturated rings. The highest BCUT2D eigenvalue weighted by atomic mass is 32.2. The molecule has 0 radical (unpaired) electrons. The van der Waals surface area contributed by atoms with Gasteiger partial charge >= 0.3 is 12.1 Å². The van der Waals surface area contributed by atoms with E-state index in [1.807, 2.05) is 0 Å². The number of carbonyl (C=O) groups is 4. The summed E-state index contributed by atoms with van der Waals surface area (Å²) in [6.45, 7) is 3.02. The van der Waals surface area contributed by atoms with E-state index in [0.717, 1.165) is 11.8 Å². The van der Waals surface area contributed by atoms with Gasteiger partial charge in [-0.25, -0.2) is 9.59 Å². The van der Waals surface area contributed by atoms with Crippen LogP contribution in [-0.2, 0) is 19.1 Å². The Hall–Kier alpha value is -2.79. The van der Waals surface area contributed by atoms with Gasteiger partial charge in [0.25, 0.3) is 5.91 Å². The van der Waals surface area contributed by atoms with Gasteiger partial charge in [0.05, 0.1) is 12.6 Å². The smallest absolute Gasteiger partial charge is 0.408 e. The quantitative estimate of drug-likeness (QED) is 0.458. The molecule has 1 aromatic rings. The molecule has 0 spiro atoms. The number of nitrogens with zero attached hydrogens (tertiary/aromatic N) is 1. The molecule has 2 saturated heterocycles. The Morgan fingerprint density at radius 1 is 1.27 bits per heavy atom. The normalized spacial score (nSPS) is 26.3. The molecule has 2 aliphatic rings. The second-order valence-corrected chi connectivity index (χ2v) is 8.54. The number of nitrogens with one attached hydrogen (secondary N) is 2. The third kappa shape index (κ3) is 4.21. The number of alkyl carbamates (subject to hydrolysis) is 1. The van der Waals surface area contributed by atoms with E-state index in [9.17, 15) is 29.4 Å². The maximum atomic E-state index is 12.5. The summed E-state index contributed by atoms with van der Waals surface area (Å²) >= 11 is 1.13. The van der Waals surface area contributed by atoms with Crippen molar-refractivity contribution in [2.24, 2.45) is 0 Å². The van der Waals surface area contributed by atoms with E-state index in [4.69, 9.17) is 4.74 Å². The molecule has 2 heterocycles. The van der Waals surface area contributed by atoms with Crippen LogP contribution < -0.4 is 10.6 Å². The number of hydrogen-bond donors (Lipinski definition) is 4. The number of thioether (sulfide) groups is 1. The third-order valence-electron chi connectivity index (χ3n) is 4.84. The predicted octanol–water partition coefficient (Wildman–Crippen LogP) is 0.0779. The predicted molar refractivity (Wildman–Crippen MR) is 106 cm³/mol. The molecular weight excluding hydrogens is 414 g/mol. The number of carbonyl (C=O) groups excluding carboxylic acids is 3. The van der Waals surface area contributed by atoms with Crippen molar-refractivity contribution >= 4 is 35.6 Å². The monoisotopic (exact) mass is 437 g/mol. The van der Waals surface area contributed by atoms with Crippen LogP contribution in [0.2, 0.25) is 0 Å². The lowest BCUT2D eigenvalue weighted by molar-refractivity contribution is -0.156. The third-order valence-corrected chi connectivity index (χ3v) is 6.36. The van der Waals surface area contributed by atoms with Crippen LogP contribution in [0.3, 0.4) is 0 Å². The van der Waals surface area contributed by atoms with Crippen LogP contribution in [0.1, 0.15) is 25.5 Å². The molecule has 10 nitrogen and oxygen atoms in total. The van der Waals surface area contributed by atoms with Crippen molar-refractivity contribution in [3.05, 3.63) is 35.9 Å². The molecule has 11 heteroatoms. The topological polar surface area (TPSA) is 145 Å². The highest BCUT2D eigenvalue weighted by Gasteiger charge is 2.58. The van der Waals surface area contributed by atoms with Crippen molar-refractivity contribution in [2.75, 3.05) is 12.3 Å². The van der Waals surface area contributed by atoms with Gasteiger partial charge in [-0.3, -0.25) is 9.59 Å². The summed E-state index contributed by atoms with van der Waals surface area (Å²) in [5, 5.41) is 24.3. The van der Waals surface area contributed by atoms with E-state index in [0.29, 0.717) is 5.56 Å². The number of benzene rings is 1. The number of hydrogen-bond acceptors (Lipinski definition) is 7. The zero-order chi connectivity index (χ0) is 22.1. The number of carboxylic acids is 1.